The van der Waals surface area contributed by atoms with Crippen molar-refractivity contribution in [3.8, 4) is 0 Å². The molecule has 1 fully saturated rings. The molecule has 0 saturated carbocycles. The minimum absolute atomic E-state index is 0.0722. The summed E-state index contributed by atoms with van der Waals surface area (Å²) in [5.74, 6) is 0.203. The van der Waals surface area contributed by atoms with Gasteiger partial charge in [-0.2, -0.15) is 0 Å². The summed E-state index contributed by atoms with van der Waals surface area (Å²) < 4.78 is 0. The highest BCUT2D eigenvalue weighted by atomic mass is 32.1. The summed E-state index contributed by atoms with van der Waals surface area (Å²) >= 11 is 1.67. The topological polar surface area (TPSA) is 53.9 Å². The van der Waals surface area contributed by atoms with Gasteiger partial charge in [-0.15, -0.1) is 11.3 Å². The van der Waals surface area contributed by atoms with Crippen LogP contribution in [0.2, 0.25) is 0 Å². The lowest BCUT2D eigenvalue weighted by atomic mass is 10.1. The third kappa shape index (κ3) is 4.71. The molecule has 1 amide bonds. The maximum Gasteiger partial charge on any atom is 0.275 e. The predicted molar refractivity (Wildman–Crippen MR) is 105 cm³/mol. The lowest BCUT2D eigenvalue weighted by Gasteiger charge is -2.33. The van der Waals surface area contributed by atoms with Gasteiger partial charge in [0.25, 0.3) is 5.91 Å². The number of anilines is 1. The van der Waals surface area contributed by atoms with Crippen LogP contribution in [0, 0.1) is 0 Å². The molecule has 1 aromatic heterocycles. The highest BCUT2D eigenvalue weighted by molar-refractivity contribution is 7.10. The van der Waals surface area contributed by atoms with Crippen LogP contribution in [-0.2, 0) is 4.79 Å². The van der Waals surface area contributed by atoms with Crippen LogP contribution in [0.15, 0.2) is 41.8 Å². The van der Waals surface area contributed by atoms with Gasteiger partial charge < -0.3 is 15.1 Å². The van der Waals surface area contributed by atoms with Gasteiger partial charge in [0, 0.05) is 16.1 Å². The first kappa shape index (κ1) is 18.6. The molecule has 138 valence electrons. The van der Waals surface area contributed by atoms with Gasteiger partial charge in [0.15, 0.2) is 12.3 Å². The smallest absolute Gasteiger partial charge is 0.275 e. The van der Waals surface area contributed by atoms with E-state index in [9.17, 15) is 9.59 Å². The second kappa shape index (κ2) is 8.47. The highest BCUT2D eigenvalue weighted by Crippen LogP contribution is 2.18. The van der Waals surface area contributed by atoms with Gasteiger partial charge in [-0.25, -0.2) is 0 Å². The first-order valence-corrected chi connectivity index (χ1v) is 9.93. The molecule has 0 bridgehead atoms. The lowest BCUT2D eigenvalue weighted by molar-refractivity contribution is -0.892. The zero-order valence-electron chi connectivity index (χ0n) is 15.3. The van der Waals surface area contributed by atoms with Crippen LogP contribution < -0.4 is 15.1 Å². The molecule has 2 N–H and O–H groups in total. The van der Waals surface area contributed by atoms with E-state index in [1.165, 1.54) is 9.78 Å². The van der Waals surface area contributed by atoms with Crippen LogP contribution in [0.1, 0.15) is 35.1 Å². The molecular formula is C20H26N3O2S+. The number of amides is 1. The maximum absolute atomic E-state index is 12.3. The number of hydrogen-bond acceptors (Lipinski definition) is 4. The van der Waals surface area contributed by atoms with Crippen molar-refractivity contribution in [2.45, 2.75) is 19.9 Å². The van der Waals surface area contributed by atoms with Crippen molar-refractivity contribution in [2.75, 3.05) is 37.6 Å². The van der Waals surface area contributed by atoms with E-state index < -0.39 is 0 Å². The van der Waals surface area contributed by atoms with Gasteiger partial charge >= 0.3 is 0 Å². The molecule has 1 aromatic carbocycles. The molecule has 0 unspecified atom stereocenters. The number of carbonyl (C=O) groups excluding carboxylic acids is 2. The predicted octanol–water partition coefficient (Wildman–Crippen LogP) is 1.53. The van der Waals surface area contributed by atoms with Gasteiger partial charge in [-0.1, -0.05) is 6.07 Å². The summed E-state index contributed by atoms with van der Waals surface area (Å²) in [7, 11) is 0. The summed E-state index contributed by atoms with van der Waals surface area (Å²) in [5.41, 5.74) is 1.89. The summed E-state index contributed by atoms with van der Waals surface area (Å²) in [6, 6.07) is 11.9. The second-order valence-corrected chi connectivity index (χ2v) is 7.80. The number of piperazine rings is 1. The Bertz CT molecular complexity index is 735. The number of ketones is 1. The molecule has 1 atom stereocenters. The molecule has 1 aliphatic rings. The maximum atomic E-state index is 12.3. The van der Waals surface area contributed by atoms with E-state index >= 15 is 0 Å². The average molecular weight is 373 g/mol. The molecule has 1 aliphatic heterocycles. The largest absolute Gasteiger partial charge is 0.360 e. The fourth-order valence-electron chi connectivity index (χ4n) is 3.29. The number of thiophene rings is 1. The molecule has 6 heteroatoms. The van der Waals surface area contributed by atoms with Crippen molar-refractivity contribution in [3.05, 3.63) is 52.2 Å². The van der Waals surface area contributed by atoms with Crippen LogP contribution in [0.5, 0.6) is 0 Å². The van der Waals surface area contributed by atoms with Crippen molar-refractivity contribution in [1.82, 2.24) is 5.32 Å². The van der Waals surface area contributed by atoms with Crippen LogP contribution in [-0.4, -0.2) is 44.4 Å². The summed E-state index contributed by atoms with van der Waals surface area (Å²) in [6.07, 6.45) is 0. The van der Waals surface area contributed by atoms with Crippen LogP contribution in [0.25, 0.3) is 0 Å². The number of rotatable bonds is 6. The molecule has 0 spiro atoms. The zero-order valence-corrected chi connectivity index (χ0v) is 16.1. The molecule has 1 saturated heterocycles. The molecule has 2 heterocycles. The molecule has 26 heavy (non-hydrogen) atoms. The normalized spacial score (nSPS) is 16.3. The number of carbonyl (C=O) groups is 2. The Morgan fingerprint density at radius 2 is 1.88 bits per heavy atom. The minimum Gasteiger partial charge on any atom is -0.360 e. The van der Waals surface area contributed by atoms with Crippen molar-refractivity contribution in [3.63, 3.8) is 0 Å². The van der Waals surface area contributed by atoms with E-state index in [4.69, 9.17) is 0 Å². The zero-order chi connectivity index (χ0) is 18.5. The molecule has 3 rings (SSSR count). The van der Waals surface area contributed by atoms with E-state index in [1.54, 1.807) is 18.3 Å². The van der Waals surface area contributed by atoms with Gasteiger partial charge in [0.1, 0.15) is 0 Å². The van der Waals surface area contributed by atoms with Crippen molar-refractivity contribution < 1.29 is 14.5 Å². The number of nitrogens with one attached hydrogen (secondary N) is 2. The Labute approximate surface area is 158 Å². The fourth-order valence-corrected chi connectivity index (χ4v) is 4.03. The van der Waals surface area contributed by atoms with Gasteiger partial charge in [-0.05, 0) is 49.6 Å². The van der Waals surface area contributed by atoms with Gasteiger partial charge in [-0.3, -0.25) is 9.59 Å². The van der Waals surface area contributed by atoms with Gasteiger partial charge in [0.05, 0.1) is 32.2 Å². The van der Waals surface area contributed by atoms with Crippen LogP contribution in [0.3, 0.4) is 0 Å². The van der Waals surface area contributed by atoms with Crippen molar-refractivity contribution in [2.24, 2.45) is 0 Å². The van der Waals surface area contributed by atoms with E-state index in [0.29, 0.717) is 6.54 Å². The Balaban J connectivity index is 1.46. The van der Waals surface area contributed by atoms with Gasteiger partial charge in [0.2, 0.25) is 0 Å². The molecule has 0 radical (unpaired) electrons. The molecule has 5 nitrogen and oxygen atoms in total. The summed E-state index contributed by atoms with van der Waals surface area (Å²) in [6.45, 7) is 7.85. The molecule has 0 aliphatic carbocycles. The number of Topliss-reactive ketones (excluding diaryl/α,β-unsaturated/α-hetero) is 1. The standard InChI is InChI=1S/C20H25N3O2S/c1-15(19-4-3-13-26-19)21-20(25)14-22-9-11-23(12-10-22)18-7-5-17(6-8-18)16(2)24/h3-8,13,15H,9-12,14H2,1-2H3,(H,21,25)/p+1/t15-/m0/s1. The fraction of sp³-hybridized carbons (Fsp3) is 0.400. The summed E-state index contributed by atoms with van der Waals surface area (Å²) in [5, 5.41) is 5.13. The third-order valence-electron chi connectivity index (χ3n) is 4.87. The Morgan fingerprint density at radius 3 is 2.46 bits per heavy atom. The average Bonchev–Trinajstić information content (AvgIpc) is 3.17. The highest BCUT2D eigenvalue weighted by Gasteiger charge is 2.23. The van der Waals surface area contributed by atoms with Crippen LogP contribution in [0.4, 0.5) is 5.69 Å². The Hall–Kier alpha value is -2.18. The quantitative estimate of drug-likeness (QED) is 0.756. The van der Waals surface area contributed by atoms with E-state index in [-0.39, 0.29) is 17.7 Å². The number of nitrogens with zero attached hydrogens (tertiary/aromatic N) is 1. The first-order valence-electron chi connectivity index (χ1n) is 9.05. The Morgan fingerprint density at radius 1 is 1.19 bits per heavy atom. The number of hydrogen-bond donors (Lipinski definition) is 2. The molecular weight excluding hydrogens is 346 g/mol. The molecule has 2 aromatic rings. The lowest BCUT2D eigenvalue weighted by Crippen LogP contribution is -3.15. The monoisotopic (exact) mass is 372 g/mol. The van der Waals surface area contributed by atoms with E-state index in [2.05, 4.69) is 16.3 Å². The van der Waals surface area contributed by atoms with Crippen molar-refractivity contribution in [1.29, 1.82) is 0 Å². The third-order valence-corrected chi connectivity index (χ3v) is 5.92. The first-order chi connectivity index (χ1) is 12.5. The van der Waals surface area contributed by atoms with E-state index in [0.717, 1.165) is 37.4 Å². The second-order valence-electron chi connectivity index (χ2n) is 6.82. The van der Waals surface area contributed by atoms with E-state index in [1.807, 2.05) is 42.6 Å². The minimum atomic E-state index is 0.0722. The summed E-state index contributed by atoms with van der Waals surface area (Å²) in [4.78, 5) is 28.5. The SMILES string of the molecule is CC(=O)c1ccc(N2CC[NH+](CC(=O)N[C@@H](C)c3cccs3)CC2)cc1. The Kier molecular flexibility index (Phi) is 6.06. The van der Waals surface area contributed by atoms with Crippen molar-refractivity contribution >= 4 is 28.7 Å². The number of benzene rings is 1. The number of quaternary nitrogens is 1. The van der Waals surface area contributed by atoms with Crippen LogP contribution >= 0.6 is 11.3 Å².